The lowest BCUT2D eigenvalue weighted by Gasteiger charge is -2.12. The lowest BCUT2D eigenvalue weighted by molar-refractivity contribution is 0.615. The number of unbranched alkanes of at least 4 members (excludes halogenated alkanes) is 1. The summed E-state index contributed by atoms with van der Waals surface area (Å²) in [5.41, 5.74) is 7.36. The number of rotatable bonds is 5. The fourth-order valence-electron chi connectivity index (χ4n) is 1.41. The van der Waals surface area contributed by atoms with Gasteiger partial charge in [-0.1, -0.05) is 24.3 Å². The molecule has 76 valence electrons. The Morgan fingerprint density at radius 1 is 1.43 bits per heavy atom. The first-order valence-corrected chi connectivity index (χ1v) is 5.94. The summed E-state index contributed by atoms with van der Waals surface area (Å²) in [5, 5.41) is 0. The van der Waals surface area contributed by atoms with E-state index >= 15 is 0 Å². The molecule has 14 heavy (non-hydrogen) atoms. The summed E-state index contributed by atoms with van der Waals surface area (Å²) in [6.07, 6.45) is 5.15. The van der Waals surface area contributed by atoms with Crippen LogP contribution in [-0.4, -0.2) is 0 Å². The van der Waals surface area contributed by atoms with Crippen molar-refractivity contribution in [2.45, 2.75) is 25.3 Å². The third-order valence-corrected chi connectivity index (χ3v) is 3.21. The molecular weight excluding hydrogens is 285 g/mol. The number of halogens is 1. The van der Waals surface area contributed by atoms with E-state index < -0.39 is 0 Å². The summed E-state index contributed by atoms with van der Waals surface area (Å²) >= 11 is 2.34. The summed E-state index contributed by atoms with van der Waals surface area (Å²) in [6, 6.07) is 8.47. The number of benzene rings is 1. The monoisotopic (exact) mass is 301 g/mol. The van der Waals surface area contributed by atoms with Crippen molar-refractivity contribution in [3.05, 3.63) is 46.1 Å². The van der Waals surface area contributed by atoms with E-state index in [9.17, 15) is 0 Å². The average molecular weight is 301 g/mol. The van der Waals surface area contributed by atoms with Gasteiger partial charge in [0.2, 0.25) is 0 Å². The molecule has 0 aliphatic rings. The zero-order valence-electron chi connectivity index (χ0n) is 8.25. The maximum absolute atomic E-state index is 6.10. The minimum Gasteiger partial charge on any atom is -0.324 e. The molecule has 0 fully saturated rings. The highest BCUT2D eigenvalue weighted by atomic mass is 127. The van der Waals surface area contributed by atoms with Crippen molar-refractivity contribution >= 4 is 22.6 Å². The molecule has 1 unspecified atom stereocenters. The Morgan fingerprint density at radius 2 is 2.14 bits per heavy atom. The smallest absolute Gasteiger partial charge is 0.0305 e. The number of hydrogen-bond donors (Lipinski definition) is 1. The van der Waals surface area contributed by atoms with Crippen LogP contribution >= 0.6 is 22.6 Å². The van der Waals surface area contributed by atoms with E-state index in [0.717, 1.165) is 19.3 Å². The summed E-state index contributed by atoms with van der Waals surface area (Å²) < 4.78 is 1.26. The number of nitrogens with two attached hydrogens (primary N) is 1. The molecule has 1 aromatic rings. The molecule has 0 aromatic heterocycles. The maximum Gasteiger partial charge on any atom is 0.0305 e. The van der Waals surface area contributed by atoms with Crippen molar-refractivity contribution < 1.29 is 0 Å². The topological polar surface area (TPSA) is 26.0 Å². The molecule has 1 atom stereocenters. The molecule has 0 amide bonds. The minimum absolute atomic E-state index is 0.169. The fraction of sp³-hybridized carbons (Fsp3) is 0.333. The second kappa shape index (κ2) is 6.19. The van der Waals surface area contributed by atoms with Crippen molar-refractivity contribution in [3.63, 3.8) is 0 Å². The van der Waals surface area contributed by atoms with Crippen molar-refractivity contribution in [2.24, 2.45) is 5.73 Å². The second-order valence-electron chi connectivity index (χ2n) is 3.35. The number of allylic oxidation sites excluding steroid dienone is 1. The Bertz CT molecular complexity index is 296. The Labute approximate surface area is 99.5 Å². The van der Waals surface area contributed by atoms with Gasteiger partial charge in [-0.2, -0.15) is 0 Å². The second-order valence-corrected chi connectivity index (χ2v) is 4.51. The molecule has 2 N–H and O–H groups in total. The van der Waals surface area contributed by atoms with Gasteiger partial charge in [-0.05, 0) is 53.5 Å². The first-order valence-electron chi connectivity index (χ1n) is 4.86. The predicted octanol–water partition coefficient (Wildman–Crippen LogP) is 3.65. The van der Waals surface area contributed by atoms with Crippen LogP contribution in [0, 0.1) is 3.57 Å². The molecule has 0 aliphatic carbocycles. The SMILES string of the molecule is C=CCCCC(N)c1ccccc1I. The maximum atomic E-state index is 6.10. The van der Waals surface area contributed by atoms with Crippen molar-refractivity contribution in [1.29, 1.82) is 0 Å². The third-order valence-electron chi connectivity index (χ3n) is 2.23. The van der Waals surface area contributed by atoms with Crippen LogP contribution in [0.4, 0.5) is 0 Å². The van der Waals surface area contributed by atoms with E-state index in [-0.39, 0.29) is 6.04 Å². The Balaban J connectivity index is 2.55. The van der Waals surface area contributed by atoms with Gasteiger partial charge in [0.15, 0.2) is 0 Å². The molecule has 0 bridgehead atoms. The van der Waals surface area contributed by atoms with Crippen molar-refractivity contribution in [3.8, 4) is 0 Å². The van der Waals surface area contributed by atoms with Gasteiger partial charge in [-0.15, -0.1) is 6.58 Å². The minimum atomic E-state index is 0.169. The van der Waals surface area contributed by atoms with Crippen LogP contribution in [0.15, 0.2) is 36.9 Å². The van der Waals surface area contributed by atoms with E-state index in [1.54, 1.807) is 0 Å². The molecule has 0 saturated carbocycles. The fourth-order valence-corrected chi connectivity index (χ4v) is 2.20. The van der Waals surface area contributed by atoms with E-state index in [2.05, 4.69) is 41.3 Å². The van der Waals surface area contributed by atoms with E-state index in [1.807, 2.05) is 18.2 Å². The van der Waals surface area contributed by atoms with Crippen LogP contribution < -0.4 is 5.73 Å². The van der Waals surface area contributed by atoms with Gasteiger partial charge in [0.25, 0.3) is 0 Å². The summed E-state index contributed by atoms with van der Waals surface area (Å²) in [4.78, 5) is 0. The van der Waals surface area contributed by atoms with E-state index in [0.29, 0.717) is 0 Å². The lowest BCUT2D eigenvalue weighted by atomic mass is 10.0. The average Bonchev–Trinajstić information content (AvgIpc) is 2.18. The highest BCUT2D eigenvalue weighted by molar-refractivity contribution is 14.1. The quantitative estimate of drug-likeness (QED) is 0.501. The zero-order valence-corrected chi connectivity index (χ0v) is 10.4. The van der Waals surface area contributed by atoms with Crippen LogP contribution in [0.25, 0.3) is 0 Å². The van der Waals surface area contributed by atoms with Crippen LogP contribution in [0.2, 0.25) is 0 Å². The first-order chi connectivity index (χ1) is 6.75. The van der Waals surface area contributed by atoms with Crippen LogP contribution in [0.5, 0.6) is 0 Å². The van der Waals surface area contributed by atoms with Gasteiger partial charge in [0.1, 0.15) is 0 Å². The van der Waals surface area contributed by atoms with Gasteiger partial charge >= 0.3 is 0 Å². The molecule has 0 spiro atoms. The summed E-state index contributed by atoms with van der Waals surface area (Å²) in [6.45, 7) is 3.71. The molecule has 0 saturated heterocycles. The summed E-state index contributed by atoms with van der Waals surface area (Å²) in [5.74, 6) is 0. The molecular formula is C12H16IN. The molecule has 0 radical (unpaired) electrons. The zero-order chi connectivity index (χ0) is 10.4. The Hall–Kier alpha value is -0.350. The third kappa shape index (κ3) is 3.42. The van der Waals surface area contributed by atoms with Crippen LogP contribution in [0.3, 0.4) is 0 Å². The van der Waals surface area contributed by atoms with Crippen LogP contribution in [-0.2, 0) is 0 Å². The van der Waals surface area contributed by atoms with Gasteiger partial charge in [0.05, 0.1) is 0 Å². The molecule has 0 aliphatic heterocycles. The summed E-state index contributed by atoms with van der Waals surface area (Å²) in [7, 11) is 0. The van der Waals surface area contributed by atoms with Crippen LogP contribution in [0.1, 0.15) is 30.9 Å². The Kier molecular flexibility index (Phi) is 5.19. The predicted molar refractivity (Wildman–Crippen MR) is 70.1 cm³/mol. The largest absolute Gasteiger partial charge is 0.324 e. The van der Waals surface area contributed by atoms with Gasteiger partial charge in [-0.25, -0.2) is 0 Å². The van der Waals surface area contributed by atoms with Crippen molar-refractivity contribution in [1.82, 2.24) is 0 Å². The molecule has 1 nitrogen and oxygen atoms in total. The highest BCUT2D eigenvalue weighted by Gasteiger charge is 2.07. The number of hydrogen-bond acceptors (Lipinski definition) is 1. The first kappa shape index (κ1) is 11.7. The van der Waals surface area contributed by atoms with Gasteiger partial charge in [0, 0.05) is 9.61 Å². The van der Waals surface area contributed by atoms with Gasteiger partial charge in [-0.3, -0.25) is 0 Å². The molecule has 0 heterocycles. The van der Waals surface area contributed by atoms with E-state index in [1.165, 1.54) is 9.13 Å². The van der Waals surface area contributed by atoms with E-state index in [4.69, 9.17) is 5.73 Å². The normalized spacial score (nSPS) is 12.4. The molecule has 1 aromatic carbocycles. The molecule has 2 heteroatoms. The highest BCUT2D eigenvalue weighted by Crippen LogP contribution is 2.21. The molecule has 1 rings (SSSR count). The lowest BCUT2D eigenvalue weighted by Crippen LogP contribution is -2.11. The van der Waals surface area contributed by atoms with Crippen molar-refractivity contribution in [2.75, 3.05) is 0 Å². The standard InChI is InChI=1S/C12H16IN/c1-2-3-4-9-12(14)10-7-5-6-8-11(10)13/h2,5-8,12H,1,3-4,9,14H2. The Morgan fingerprint density at radius 3 is 2.79 bits per heavy atom. The van der Waals surface area contributed by atoms with Gasteiger partial charge < -0.3 is 5.73 Å².